The van der Waals surface area contributed by atoms with E-state index in [0.29, 0.717) is 6.42 Å². The highest BCUT2D eigenvalue weighted by molar-refractivity contribution is 5.66. The Morgan fingerprint density at radius 2 is 1.26 bits per heavy atom. The topological polar surface area (TPSA) is 57.5 Å². The molecule has 2 N–H and O–H groups in total. The van der Waals surface area contributed by atoms with Gasteiger partial charge >= 0.3 is 5.97 Å². The summed E-state index contributed by atoms with van der Waals surface area (Å²) in [7, 11) is 0. The number of rotatable bonds is 14. The second-order valence-electron chi connectivity index (χ2n) is 5.66. The van der Waals surface area contributed by atoms with Crippen LogP contribution >= 0.6 is 0 Å². The van der Waals surface area contributed by atoms with Crippen molar-refractivity contribution in [1.82, 2.24) is 0 Å². The molecule has 0 aromatic carbocycles. The lowest BCUT2D eigenvalue weighted by Gasteiger charge is -1.99. The van der Waals surface area contributed by atoms with Crippen molar-refractivity contribution < 1.29 is 15.0 Å². The molecule has 3 heteroatoms. The van der Waals surface area contributed by atoms with Crippen LogP contribution in [-0.4, -0.2) is 22.3 Å². The summed E-state index contributed by atoms with van der Waals surface area (Å²) in [5.74, 6) is -0.723. The predicted octanol–water partition coefficient (Wildman–Crippen LogP) is 5.19. The fourth-order valence-electron chi connectivity index (χ4n) is 1.95. The molecular formula is C20H32O3. The van der Waals surface area contributed by atoms with Gasteiger partial charge in [0.15, 0.2) is 0 Å². The first-order valence-corrected chi connectivity index (χ1v) is 8.62. The summed E-state index contributed by atoms with van der Waals surface area (Å²) in [6, 6.07) is 0. The molecule has 0 radical (unpaired) electrons. The van der Waals surface area contributed by atoms with Crippen LogP contribution in [0.25, 0.3) is 0 Å². The number of carbonyl (C=O) groups is 1. The highest BCUT2D eigenvalue weighted by Gasteiger charge is 1.93. The standard InChI is InChI=1S/C20H32O3/c1-19(21)17-15-13-11-9-7-5-3-2-4-6-8-10-12-14-16-18-20(22)23/h3-6,9-12,19,21H,2,7-8,13-18H2,1H3,(H,22,23)/b5-3-,6-4-,11-9-,12-10-. The van der Waals surface area contributed by atoms with E-state index in [1.165, 1.54) is 0 Å². The minimum absolute atomic E-state index is 0.185. The first-order chi connectivity index (χ1) is 11.1. The van der Waals surface area contributed by atoms with E-state index >= 15 is 0 Å². The van der Waals surface area contributed by atoms with Gasteiger partial charge in [0.2, 0.25) is 0 Å². The molecule has 1 unspecified atom stereocenters. The quantitative estimate of drug-likeness (QED) is 0.342. The van der Waals surface area contributed by atoms with Crippen LogP contribution in [0.15, 0.2) is 48.6 Å². The molecule has 0 aliphatic rings. The van der Waals surface area contributed by atoms with E-state index in [2.05, 4.69) is 42.5 Å². The zero-order valence-electron chi connectivity index (χ0n) is 14.4. The van der Waals surface area contributed by atoms with Crippen molar-refractivity contribution in [1.29, 1.82) is 0 Å². The lowest BCUT2D eigenvalue weighted by molar-refractivity contribution is -0.137. The number of unbranched alkanes of at least 4 members (excludes halogenated alkanes) is 2. The molecule has 0 heterocycles. The minimum Gasteiger partial charge on any atom is -0.481 e. The van der Waals surface area contributed by atoms with Crippen molar-refractivity contribution in [3.05, 3.63) is 48.6 Å². The van der Waals surface area contributed by atoms with Crippen molar-refractivity contribution in [2.24, 2.45) is 0 Å². The van der Waals surface area contributed by atoms with Crippen LogP contribution in [0.4, 0.5) is 0 Å². The molecule has 0 saturated carbocycles. The fourth-order valence-corrected chi connectivity index (χ4v) is 1.95. The molecule has 0 aliphatic heterocycles. The number of hydrogen-bond donors (Lipinski definition) is 2. The molecule has 0 aliphatic carbocycles. The fraction of sp³-hybridized carbons (Fsp3) is 0.550. The second-order valence-corrected chi connectivity index (χ2v) is 5.66. The maximum absolute atomic E-state index is 10.3. The number of aliphatic hydroxyl groups excluding tert-OH is 1. The van der Waals surface area contributed by atoms with Crippen LogP contribution in [0, 0.1) is 0 Å². The van der Waals surface area contributed by atoms with Gasteiger partial charge in [-0.1, -0.05) is 48.6 Å². The Bertz CT molecular complexity index is 390. The van der Waals surface area contributed by atoms with Gasteiger partial charge in [-0.15, -0.1) is 0 Å². The maximum atomic E-state index is 10.3. The van der Waals surface area contributed by atoms with Crippen LogP contribution in [0.5, 0.6) is 0 Å². The average Bonchev–Trinajstić information content (AvgIpc) is 2.49. The van der Waals surface area contributed by atoms with Crippen LogP contribution < -0.4 is 0 Å². The summed E-state index contributed by atoms with van der Waals surface area (Å²) >= 11 is 0. The molecule has 0 fully saturated rings. The first kappa shape index (κ1) is 21.4. The normalized spacial score (nSPS) is 13.8. The Balaban J connectivity index is 3.43. The first-order valence-electron chi connectivity index (χ1n) is 8.62. The van der Waals surface area contributed by atoms with Gasteiger partial charge in [0, 0.05) is 6.42 Å². The summed E-state index contributed by atoms with van der Waals surface area (Å²) in [5, 5.41) is 17.6. The van der Waals surface area contributed by atoms with Gasteiger partial charge in [0.1, 0.15) is 0 Å². The maximum Gasteiger partial charge on any atom is 0.303 e. The zero-order valence-corrected chi connectivity index (χ0v) is 14.4. The van der Waals surface area contributed by atoms with Crippen molar-refractivity contribution >= 4 is 5.97 Å². The SMILES string of the molecule is CC(O)CCC/C=C\C/C=C\C/C=C\C/C=C\CCCC(=O)O. The summed E-state index contributed by atoms with van der Waals surface area (Å²) in [5.41, 5.74) is 0. The van der Waals surface area contributed by atoms with Gasteiger partial charge in [0.25, 0.3) is 0 Å². The molecule has 1 atom stereocenters. The van der Waals surface area contributed by atoms with Crippen LogP contribution in [-0.2, 0) is 4.79 Å². The van der Waals surface area contributed by atoms with Gasteiger partial charge in [-0.05, 0) is 58.3 Å². The number of aliphatic hydroxyl groups is 1. The largest absolute Gasteiger partial charge is 0.481 e. The number of carboxylic acids is 1. The van der Waals surface area contributed by atoms with Gasteiger partial charge in [-0.25, -0.2) is 0 Å². The molecule has 130 valence electrons. The molecule has 0 saturated heterocycles. The third-order valence-corrected chi connectivity index (χ3v) is 3.24. The highest BCUT2D eigenvalue weighted by Crippen LogP contribution is 2.02. The number of hydrogen-bond acceptors (Lipinski definition) is 2. The minimum atomic E-state index is -0.723. The molecule has 0 spiro atoms. The molecule has 0 amide bonds. The summed E-state index contributed by atoms with van der Waals surface area (Å²) in [4.78, 5) is 10.3. The molecule has 0 bridgehead atoms. The Labute approximate surface area is 141 Å². The Hall–Kier alpha value is -1.61. The molecule has 0 aromatic heterocycles. The summed E-state index contributed by atoms with van der Waals surface area (Å²) in [6.07, 6.45) is 24.5. The molecular weight excluding hydrogens is 288 g/mol. The van der Waals surface area contributed by atoms with Gasteiger partial charge in [-0.3, -0.25) is 4.79 Å². The highest BCUT2D eigenvalue weighted by atomic mass is 16.4. The smallest absolute Gasteiger partial charge is 0.303 e. The lowest BCUT2D eigenvalue weighted by Crippen LogP contribution is -1.97. The number of aliphatic carboxylic acids is 1. The van der Waals surface area contributed by atoms with E-state index in [-0.39, 0.29) is 12.5 Å². The third-order valence-electron chi connectivity index (χ3n) is 3.24. The zero-order chi connectivity index (χ0) is 17.2. The molecule has 3 nitrogen and oxygen atoms in total. The van der Waals surface area contributed by atoms with E-state index in [9.17, 15) is 4.79 Å². The van der Waals surface area contributed by atoms with Crippen LogP contribution in [0.3, 0.4) is 0 Å². The average molecular weight is 320 g/mol. The van der Waals surface area contributed by atoms with Crippen LogP contribution in [0.1, 0.15) is 64.7 Å². The Morgan fingerprint density at radius 3 is 1.70 bits per heavy atom. The van der Waals surface area contributed by atoms with Crippen molar-refractivity contribution in [3.8, 4) is 0 Å². The molecule has 0 rings (SSSR count). The van der Waals surface area contributed by atoms with E-state index in [4.69, 9.17) is 10.2 Å². The van der Waals surface area contributed by atoms with Crippen molar-refractivity contribution in [2.45, 2.75) is 70.8 Å². The predicted molar refractivity (Wildman–Crippen MR) is 97.4 cm³/mol. The molecule has 0 aromatic rings. The lowest BCUT2D eigenvalue weighted by atomic mass is 10.1. The van der Waals surface area contributed by atoms with E-state index in [0.717, 1.165) is 44.9 Å². The van der Waals surface area contributed by atoms with E-state index in [1.807, 2.05) is 13.0 Å². The van der Waals surface area contributed by atoms with E-state index < -0.39 is 5.97 Å². The van der Waals surface area contributed by atoms with Gasteiger partial charge in [-0.2, -0.15) is 0 Å². The van der Waals surface area contributed by atoms with Crippen LogP contribution in [0.2, 0.25) is 0 Å². The monoisotopic (exact) mass is 320 g/mol. The number of carboxylic acid groups (broad SMARTS) is 1. The van der Waals surface area contributed by atoms with Crippen molar-refractivity contribution in [3.63, 3.8) is 0 Å². The number of allylic oxidation sites excluding steroid dienone is 8. The Kier molecular flexibility index (Phi) is 15.6. The summed E-state index contributed by atoms with van der Waals surface area (Å²) < 4.78 is 0. The summed E-state index contributed by atoms with van der Waals surface area (Å²) in [6.45, 7) is 1.83. The van der Waals surface area contributed by atoms with Gasteiger partial charge < -0.3 is 10.2 Å². The second kappa shape index (κ2) is 16.8. The van der Waals surface area contributed by atoms with Gasteiger partial charge in [0.05, 0.1) is 6.10 Å². The van der Waals surface area contributed by atoms with Crippen molar-refractivity contribution in [2.75, 3.05) is 0 Å². The van der Waals surface area contributed by atoms with E-state index in [1.54, 1.807) is 0 Å². The Morgan fingerprint density at radius 1 is 0.826 bits per heavy atom. The third kappa shape index (κ3) is 20.4. The molecule has 23 heavy (non-hydrogen) atoms.